The van der Waals surface area contributed by atoms with Crippen molar-refractivity contribution in [3.8, 4) is 0 Å². The number of ether oxygens (including phenoxy) is 1. The minimum absolute atomic E-state index is 0.0724. The molecule has 3 N–H and O–H groups in total. The van der Waals surface area contributed by atoms with Crippen molar-refractivity contribution in [2.24, 2.45) is 5.73 Å². The number of hydrogen-bond acceptors (Lipinski definition) is 4. The summed E-state index contributed by atoms with van der Waals surface area (Å²) in [5.74, 6) is -0.303. The third-order valence-electron chi connectivity index (χ3n) is 3.19. The number of carbonyl (C=O) groups excluding carboxylic acids is 2. The van der Waals surface area contributed by atoms with E-state index in [0.29, 0.717) is 39.1 Å². The smallest absolute Gasteiger partial charge is 0.243 e. The van der Waals surface area contributed by atoms with Gasteiger partial charge in [0.2, 0.25) is 11.8 Å². The largest absolute Gasteiger partial charge is 0.381 e. The number of amides is 2. The van der Waals surface area contributed by atoms with E-state index in [1.54, 1.807) is 0 Å². The Balaban J connectivity index is 2.63. The molecule has 6 nitrogen and oxygen atoms in total. The average molecular weight is 257 g/mol. The minimum Gasteiger partial charge on any atom is -0.381 e. The minimum atomic E-state index is -0.874. The summed E-state index contributed by atoms with van der Waals surface area (Å²) in [7, 11) is 0. The Bertz CT molecular complexity index is 301. The van der Waals surface area contributed by atoms with Gasteiger partial charge in [-0.15, -0.1) is 0 Å². The van der Waals surface area contributed by atoms with Gasteiger partial charge in [-0.3, -0.25) is 9.59 Å². The third kappa shape index (κ3) is 3.68. The van der Waals surface area contributed by atoms with Crippen LogP contribution in [-0.4, -0.2) is 55.1 Å². The molecule has 18 heavy (non-hydrogen) atoms. The number of likely N-dealkylation sites (N-methyl/N-ethyl adjacent to an activating group) is 2. The maximum Gasteiger partial charge on any atom is 0.243 e. The van der Waals surface area contributed by atoms with Gasteiger partial charge in [-0.2, -0.15) is 0 Å². The van der Waals surface area contributed by atoms with E-state index in [-0.39, 0.29) is 18.4 Å². The fraction of sp³-hybridized carbons (Fsp3) is 0.833. The van der Waals surface area contributed by atoms with Gasteiger partial charge in [-0.25, -0.2) is 0 Å². The first-order chi connectivity index (χ1) is 8.53. The Morgan fingerprint density at radius 3 is 2.44 bits per heavy atom. The summed E-state index contributed by atoms with van der Waals surface area (Å²) in [5.41, 5.74) is 5.25. The van der Waals surface area contributed by atoms with Gasteiger partial charge in [0.05, 0.1) is 12.1 Å². The van der Waals surface area contributed by atoms with Gasteiger partial charge in [0.1, 0.15) is 0 Å². The SMILES string of the molecule is CCNC(=O)CN(CC)C(=O)C1(N)CCOCC1. The van der Waals surface area contributed by atoms with Crippen molar-refractivity contribution >= 4 is 11.8 Å². The van der Waals surface area contributed by atoms with E-state index < -0.39 is 5.54 Å². The molecule has 1 heterocycles. The highest BCUT2D eigenvalue weighted by Gasteiger charge is 2.38. The predicted molar refractivity (Wildman–Crippen MR) is 67.9 cm³/mol. The average Bonchev–Trinajstić information content (AvgIpc) is 2.36. The molecule has 1 aliphatic heterocycles. The molecule has 2 amide bonds. The zero-order valence-corrected chi connectivity index (χ0v) is 11.2. The molecule has 1 fully saturated rings. The zero-order valence-electron chi connectivity index (χ0n) is 11.2. The van der Waals surface area contributed by atoms with Crippen LogP contribution in [0.1, 0.15) is 26.7 Å². The van der Waals surface area contributed by atoms with Crippen LogP contribution < -0.4 is 11.1 Å². The Hall–Kier alpha value is -1.14. The summed E-state index contributed by atoms with van der Waals surface area (Å²) < 4.78 is 5.22. The first-order valence-corrected chi connectivity index (χ1v) is 6.46. The highest BCUT2D eigenvalue weighted by Crippen LogP contribution is 2.20. The fourth-order valence-electron chi connectivity index (χ4n) is 2.02. The Labute approximate surface area is 108 Å². The van der Waals surface area contributed by atoms with Crippen LogP contribution in [0.3, 0.4) is 0 Å². The fourth-order valence-corrected chi connectivity index (χ4v) is 2.02. The molecule has 1 rings (SSSR count). The number of hydrogen-bond donors (Lipinski definition) is 2. The Morgan fingerprint density at radius 1 is 1.33 bits per heavy atom. The van der Waals surface area contributed by atoms with Crippen molar-refractivity contribution in [3.05, 3.63) is 0 Å². The van der Waals surface area contributed by atoms with Crippen LogP contribution >= 0.6 is 0 Å². The third-order valence-corrected chi connectivity index (χ3v) is 3.19. The number of carbonyl (C=O) groups is 2. The molecule has 104 valence electrons. The second-order valence-corrected chi connectivity index (χ2v) is 4.54. The molecule has 0 bridgehead atoms. The molecular formula is C12H23N3O3. The summed E-state index contributed by atoms with van der Waals surface area (Å²) in [6.07, 6.45) is 1.02. The number of nitrogens with zero attached hydrogens (tertiary/aromatic N) is 1. The highest BCUT2D eigenvalue weighted by molar-refractivity contribution is 5.90. The van der Waals surface area contributed by atoms with Gasteiger partial charge in [0.15, 0.2) is 0 Å². The molecule has 0 aromatic heterocycles. The van der Waals surface area contributed by atoms with Gasteiger partial charge < -0.3 is 20.7 Å². The lowest BCUT2D eigenvalue weighted by Gasteiger charge is -2.36. The summed E-state index contributed by atoms with van der Waals surface area (Å²) >= 11 is 0. The van der Waals surface area contributed by atoms with Gasteiger partial charge in [0.25, 0.3) is 0 Å². The first-order valence-electron chi connectivity index (χ1n) is 6.46. The predicted octanol–water partition coefficient (Wildman–Crippen LogP) is -0.521. The highest BCUT2D eigenvalue weighted by atomic mass is 16.5. The van der Waals surface area contributed by atoms with E-state index in [4.69, 9.17) is 10.5 Å². The number of nitrogens with one attached hydrogen (secondary N) is 1. The summed E-state index contributed by atoms with van der Waals surface area (Å²) in [4.78, 5) is 25.4. The lowest BCUT2D eigenvalue weighted by molar-refractivity contribution is -0.143. The molecule has 0 aromatic rings. The molecule has 0 saturated carbocycles. The van der Waals surface area contributed by atoms with Crippen molar-refractivity contribution < 1.29 is 14.3 Å². The lowest BCUT2D eigenvalue weighted by atomic mass is 9.89. The van der Waals surface area contributed by atoms with Gasteiger partial charge in [0, 0.05) is 26.3 Å². The van der Waals surface area contributed by atoms with Gasteiger partial charge in [-0.05, 0) is 26.7 Å². The van der Waals surface area contributed by atoms with E-state index in [1.807, 2.05) is 13.8 Å². The molecule has 0 radical (unpaired) electrons. The molecular weight excluding hydrogens is 234 g/mol. The maximum atomic E-state index is 12.4. The van der Waals surface area contributed by atoms with Crippen LogP contribution in [0.4, 0.5) is 0 Å². The van der Waals surface area contributed by atoms with Crippen LogP contribution in [0.15, 0.2) is 0 Å². The van der Waals surface area contributed by atoms with Crippen molar-refractivity contribution in [3.63, 3.8) is 0 Å². The molecule has 0 unspecified atom stereocenters. The van der Waals surface area contributed by atoms with E-state index in [0.717, 1.165) is 0 Å². The molecule has 1 saturated heterocycles. The van der Waals surface area contributed by atoms with Crippen LogP contribution in [0.25, 0.3) is 0 Å². The standard InChI is InChI=1S/C12H23N3O3/c1-3-14-10(16)9-15(4-2)11(17)12(13)5-7-18-8-6-12/h3-9,13H2,1-2H3,(H,14,16). The zero-order chi connectivity index (χ0) is 13.6. The lowest BCUT2D eigenvalue weighted by Crippen LogP contribution is -2.59. The monoisotopic (exact) mass is 257 g/mol. The topological polar surface area (TPSA) is 84.7 Å². The quantitative estimate of drug-likeness (QED) is 0.694. The van der Waals surface area contributed by atoms with Crippen LogP contribution in [0.5, 0.6) is 0 Å². The van der Waals surface area contributed by atoms with Crippen LogP contribution in [0, 0.1) is 0 Å². The van der Waals surface area contributed by atoms with E-state index in [1.165, 1.54) is 4.90 Å². The second-order valence-electron chi connectivity index (χ2n) is 4.54. The normalized spacial score (nSPS) is 18.2. The van der Waals surface area contributed by atoms with Gasteiger partial charge >= 0.3 is 0 Å². The second kappa shape index (κ2) is 6.70. The maximum absolute atomic E-state index is 12.4. The summed E-state index contributed by atoms with van der Waals surface area (Å²) in [5, 5.41) is 2.68. The van der Waals surface area contributed by atoms with E-state index >= 15 is 0 Å². The van der Waals surface area contributed by atoms with Gasteiger partial charge in [-0.1, -0.05) is 0 Å². The molecule has 0 spiro atoms. The Morgan fingerprint density at radius 2 is 1.94 bits per heavy atom. The molecule has 0 aliphatic carbocycles. The molecule has 6 heteroatoms. The molecule has 0 atom stereocenters. The summed E-state index contributed by atoms with van der Waals surface area (Å²) in [6.45, 7) is 5.81. The van der Waals surface area contributed by atoms with E-state index in [2.05, 4.69) is 5.32 Å². The number of nitrogens with two attached hydrogens (primary N) is 1. The van der Waals surface area contributed by atoms with Crippen molar-refractivity contribution in [1.82, 2.24) is 10.2 Å². The Kier molecular flexibility index (Phi) is 5.55. The molecule has 1 aliphatic rings. The van der Waals surface area contributed by atoms with Crippen molar-refractivity contribution in [1.29, 1.82) is 0 Å². The molecule has 0 aromatic carbocycles. The van der Waals surface area contributed by atoms with Crippen molar-refractivity contribution in [2.45, 2.75) is 32.2 Å². The van der Waals surface area contributed by atoms with E-state index in [9.17, 15) is 9.59 Å². The van der Waals surface area contributed by atoms with Crippen molar-refractivity contribution in [2.75, 3.05) is 32.8 Å². The van der Waals surface area contributed by atoms with Crippen LogP contribution in [-0.2, 0) is 14.3 Å². The number of rotatable bonds is 5. The summed E-state index contributed by atoms with van der Waals surface area (Å²) in [6, 6.07) is 0. The first kappa shape index (κ1) is 14.9. The van der Waals surface area contributed by atoms with Crippen LogP contribution in [0.2, 0.25) is 0 Å².